The molecule has 0 radical (unpaired) electrons. The number of aromatic nitrogens is 1. The molecule has 0 unspecified atom stereocenters. The van der Waals surface area contributed by atoms with Crippen LogP contribution < -0.4 is 14.4 Å². The number of hydrogen-bond donors (Lipinski definition) is 2. The molecule has 2 bridgehead atoms. The lowest BCUT2D eigenvalue weighted by Crippen LogP contribution is -2.49. The van der Waals surface area contributed by atoms with Crippen molar-refractivity contribution in [2.75, 3.05) is 18.0 Å². The number of benzene rings is 2. The molecule has 3 aromatic rings. The maximum absolute atomic E-state index is 15.3. The second kappa shape index (κ2) is 13.6. The van der Waals surface area contributed by atoms with Crippen molar-refractivity contribution in [3.05, 3.63) is 100 Å². The van der Waals surface area contributed by atoms with Crippen LogP contribution in [0.2, 0.25) is 5.02 Å². The van der Waals surface area contributed by atoms with Crippen LogP contribution in [-0.4, -0.2) is 42.8 Å². The SMILES string of the molecule is C[C@@H]1[C@@H](C)C/C=C/[C@@](O)(c2ccncc2F)[C@@H]2CC[C@H]2CN2CCCCc3cc(Cl)ccc3COc3ccc(cc32)C(=O)NS1(=O)=O. The van der Waals surface area contributed by atoms with Gasteiger partial charge in [-0.1, -0.05) is 36.7 Å². The van der Waals surface area contributed by atoms with E-state index in [9.17, 15) is 18.3 Å². The summed E-state index contributed by atoms with van der Waals surface area (Å²) in [7, 11) is -4.05. The topological polar surface area (TPSA) is 109 Å². The molecular formula is C36H41ClFN3O5S. The van der Waals surface area contributed by atoms with Gasteiger partial charge in [0.25, 0.3) is 5.91 Å². The highest BCUT2D eigenvalue weighted by Crippen LogP contribution is 2.49. The zero-order valence-electron chi connectivity index (χ0n) is 26.7. The first-order valence-corrected chi connectivity index (χ1v) is 18.2. The molecule has 2 N–H and O–H groups in total. The number of sulfonamides is 1. The quantitative estimate of drug-likeness (QED) is 0.280. The van der Waals surface area contributed by atoms with Gasteiger partial charge in [0.2, 0.25) is 10.0 Å². The summed E-state index contributed by atoms with van der Waals surface area (Å²) in [4.78, 5) is 19.5. The van der Waals surface area contributed by atoms with E-state index in [1.165, 1.54) is 12.3 Å². The van der Waals surface area contributed by atoms with E-state index in [4.69, 9.17) is 16.3 Å². The Morgan fingerprint density at radius 1 is 1.11 bits per heavy atom. The van der Waals surface area contributed by atoms with E-state index < -0.39 is 38.5 Å². The van der Waals surface area contributed by atoms with Crippen LogP contribution in [0.5, 0.6) is 5.75 Å². The largest absolute Gasteiger partial charge is 0.487 e. The lowest BCUT2D eigenvalue weighted by molar-refractivity contribution is -0.0521. The first kappa shape index (κ1) is 33.4. The van der Waals surface area contributed by atoms with Gasteiger partial charge in [0.15, 0.2) is 0 Å². The maximum Gasteiger partial charge on any atom is 0.264 e. The monoisotopic (exact) mass is 681 g/mol. The van der Waals surface area contributed by atoms with Crippen molar-refractivity contribution in [3.8, 4) is 5.75 Å². The van der Waals surface area contributed by atoms with Crippen LogP contribution in [0.25, 0.3) is 0 Å². The summed E-state index contributed by atoms with van der Waals surface area (Å²) in [5.74, 6) is -1.45. The molecule has 0 spiro atoms. The molecule has 1 fully saturated rings. The fourth-order valence-corrected chi connectivity index (χ4v) is 8.56. The second-order valence-corrected chi connectivity index (χ2v) is 15.7. The van der Waals surface area contributed by atoms with Crippen molar-refractivity contribution < 1.29 is 27.4 Å². The minimum Gasteiger partial charge on any atom is -0.487 e. The number of pyridine rings is 1. The third kappa shape index (κ3) is 6.91. The van der Waals surface area contributed by atoms with Crippen LogP contribution in [0, 0.1) is 23.6 Å². The molecule has 1 saturated carbocycles. The number of allylic oxidation sites excluding steroid dienone is 1. The highest BCUT2D eigenvalue weighted by atomic mass is 35.5. The summed E-state index contributed by atoms with van der Waals surface area (Å²) in [6.07, 6.45) is 10.3. The van der Waals surface area contributed by atoms with Crippen LogP contribution >= 0.6 is 11.6 Å². The van der Waals surface area contributed by atoms with Crippen LogP contribution in [0.3, 0.4) is 0 Å². The standard InChI is InChI=1S/C36H41ClFN3O5S/c1-23-6-5-15-36(43,31-14-16-39-20-32(31)38)30-12-9-27(30)21-41-17-4-3-7-25-18-29(37)11-8-28(25)22-46-34-13-10-26(19-33(34)41)35(42)40-47(44,45)24(23)2/h5,8,10-11,13-16,18-20,23-24,27,30,43H,3-4,6-7,9,12,17,21-22H2,1-2H3,(H,40,42)/b15-5+/t23-,24+,27-,30+,36-/m0/s1. The number of ether oxygens (including phenoxy) is 1. The fourth-order valence-electron chi connectivity index (χ4n) is 7.08. The van der Waals surface area contributed by atoms with Gasteiger partial charge in [0.1, 0.15) is 23.8 Å². The van der Waals surface area contributed by atoms with E-state index in [0.717, 1.165) is 43.0 Å². The van der Waals surface area contributed by atoms with E-state index in [0.29, 0.717) is 49.0 Å². The number of hydrogen-bond acceptors (Lipinski definition) is 7. The number of fused-ring (bicyclic) bond motifs is 3. The Labute approximate surface area is 281 Å². The molecule has 2 aromatic carbocycles. The molecule has 6 rings (SSSR count). The third-order valence-corrected chi connectivity index (χ3v) is 12.4. The smallest absolute Gasteiger partial charge is 0.264 e. The van der Waals surface area contributed by atoms with E-state index >= 15 is 4.39 Å². The van der Waals surface area contributed by atoms with E-state index in [2.05, 4.69) is 14.6 Å². The molecule has 11 heteroatoms. The Bertz CT molecular complexity index is 1790. The number of aliphatic hydroxyl groups is 1. The Hall–Kier alpha value is -3.47. The lowest BCUT2D eigenvalue weighted by Gasteiger charge is -2.48. The third-order valence-electron chi connectivity index (χ3n) is 10.3. The van der Waals surface area contributed by atoms with Crippen molar-refractivity contribution in [2.45, 2.75) is 69.8 Å². The molecular weight excluding hydrogens is 641 g/mol. The number of nitrogens with zero attached hydrogens (tertiary/aromatic N) is 2. The zero-order valence-corrected chi connectivity index (χ0v) is 28.2. The van der Waals surface area contributed by atoms with Gasteiger partial charge in [-0.3, -0.25) is 9.78 Å². The molecule has 1 aliphatic carbocycles. The summed E-state index contributed by atoms with van der Waals surface area (Å²) in [5, 5.41) is 12.1. The zero-order chi connectivity index (χ0) is 33.3. The lowest BCUT2D eigenvalue weighted by atomic mass is 9.62. The van der Waals surface area contributed by atoms with Gasteiger partial charge in [0, 0.05) is 41.4 Å². The summed E-state index contributed by atoms with van der Waals surface area (Å²) in [6, 6.07) is 12.3. The van der Waals surface area contributed by atoms with Crippen LogP contribution in [-0.2, 0) is 28.7 Å². The molecule has 3 heterocycles. The molecule has 5 atom stereocenters. The van der Waals surface area contributed by atoms with Crippen molar-refractivity contribution in [2.24, 2.45) is 17.8 Å². The Morgan fingerprint density at radius 3 is 2.70 bits per heavy atom. The van der Waals surface area contributed by atoms with Crippen molar-refractivity contribution in [1.29, 1.82) is 0 Å². The van der Waals surface area contributed by atoms with E-state index in [1.807, 2.05) is 18.2 Å². The Balaban J connectivity index is 1.44. The van der Waals surface area contributed by atoms with E-state index in [1.54, 1.807) is 44.2 Å². The van der Waals surface area contributed by atoms with Gasteiger partial charge in [-0.05, 0) is 105 Å². The fraction of sp³-hybridized carbons (Fsp3) is 0.444. The predicted molar refractivity (Wildman–Crippen MR) is 180 cm³/mol. The minimum atomic E-state index is -4.05. The number of carbonyl (C=O) groups excluding carboxylic acids is 1. The molecule has 250 valence electrons. The molecule has 1 aromatic heterocycles. The van der Waals surface area contributed by atoms with Crippen LogP contribution in [0.1, 0.15) is 73.0 Å². The van der Waals surface area contributed by atoms with Gasteiger partial charge < -0.3 is 14.7 Å². The van der Waals surface area contributed by atoms with Gasteiger partial charge >= 0.3 is 0 Å². The van der Waals surface area contributed by atoms with Gasteiger partial charge in [-0.2, -0.15) is 0 Å². The summed E-state index contributed by atoms with van der Waals surface area (Å²) in [5.41, 5.74) is 1.54. The number of carbonyl (C=O) groups is 1. The molecule has 3 aliphatic rings. The molecule has 0 saturated heterocycles. The highest BCUT2D eigenvalue weighted by Gasteiger charge is 2.48. The normalized spacial score (nSPS) is 28.7. The number of rotatable bonds is 1. The predicted octanol–water partition coefficient (Wildman–Crippen LogP) is 6.55. The van der Waals surface area contributed by atoms with E-state index in [-0.39, 0.29) is 23.0 Å². The molecule has 8 nitrogen and oxygen atoms in total. The van der Waals surface area contributed by atoms with Gasteiger partial charge in [-0.25, -0.2) is 17.5 Å². The number of amides is 1. The first-order valence-electron chi connectivity index (χ1n) is 16.3. The van der Waals surface area contributed by atoms with Gasteiger partial charge in [-0.15, -0.1) is 0 Å². The minimum absolute atomic E-state index is 0.00619. The maximum atomic E-state index is 15.3. The number of aryl methyl sites for hydroxylation is 1. The average Bonchev–Trinajstić information content (AvgIpc) is 3.05. The first-order chi connectivity index (χ1) is 22.5. The van der Waals surface area contributed by atoms with Crippen molar-refractivity contribution in [1.82, 2.24) is 9.71 Å². The second-order valence-electron chi connectivity index (χ2n) is 13.2. The average molecular weight is 682 g/mol. The summed E-state index contributed by atoms with van der Waals surface area (Å²) >= 11 is 6.33. The number of anilines is 1. The molecule has 1 amide bonds. The summed E-state index contributed by atoms with van der Waals surface area (Å²) in [6.45, 7) is 4.79. The highest BCUT2D eigenvalue weighted by molar-refractivity contribution is 7.90. The molecule has 2 aliphatic heterocycles. The van der Waals surface area contributed by atoms with Crippen LogP contribution in [0.4, 0.5) is 10.1 Å². The number of nitrogens with one attached hydrogen (secondary N) is 1. The van der Waals surface area contributed by atoms with Crippen LogP contribution in [0.15, 0.2) is 67.0 Å². The van der Waals surface area contributed by atoms with Crippen molar-refractivity contribution in [3.63, 3.8) is 0 Å². The Kier molecular flexibility index (Phi) is 9.65. The van der Waals surface area contributed by atoms with Gasteiger partial charge in [0.05, 0.1) is 17.1 Å². The number of halogens is 2. The van der Waals surface area contributed by atoms with Crippen molar-refractivity contribution >= 4 is 33.2 Å². The molecule has 47 heavy (non-hydrogen) atoms. The Morgan fingerprint density at radius 2 is 1.94 bits per heavy atom. The summed E-state index contributed by atoms with van der Waals surface area (Å²) < 4.78 is 50.7.